The number of methoxy groups -OCH3 is 1. The first-order valence-electron chi connectivity index (χ1n) is 7.80. The number of pyridine rings is 1. The number of nitrogens with one attached hydrogen (secondary N) is 2. The fourth-order valence-corrected chi connectivity index (χ4v) is 2.27. The standard InChI is InChI=1S/C18H23N3O3/c1-13-6-7-16(14(2)11-13)24-10-9-20-18(22)21-12-15-5-4-8-19-17(15)23-3/h4-8,11H,9-10,12H2,1-3H3,(H2,20,21,22). The van der Waals surface area contributed by atoms with Crippen LogP contribution in [0.3, 0.4) is 0 Å². The van der Waals surface area contributed by atoms with Crippen molar-refractivity contribution in [3.63, 3.8) is 0 Å². The molecule has 0 unspecified atom stereocenters. The second-order valence-corrected chi connectivity index (χ2v) is 5.40. The summed E-state index contributed by atoms with van der Waals surface area (Å²) in [5.74, 6) is 1.35. The number of aromatic nitrogens is 1. The lowest BCUT2D eigenvalue weighted by molar-refractivity contribution is 0.236. The van der Waals surface area contributed by atoms with Crippen LogP contribution < -0.4 is 20.1 Å². The Kier molecular flexibility index (Phi) is 6.42. The molecule has 6 heteroatoms. The lowest BCUT2D eigenvalue weighted by atomic mass is 10.1. The molecular weight excluding hydrogens is 306 g/mol. The minimum absolute atomic E-state index is 0.259. The number of rotatable bonds is 7. The van der Waals surface area contributed by atoms with Gasteiger partial charge in [-0.3, -0.25) is 0 Å². The molecule has 2 rings (SSSR count). The Labute approximate surface area is 142 Å². The van der Waals surface area contributed by atoms with E-state index in [0.717, 1.165) is 16.9 Å². The van der Waals surface area contributed by atoms with E-state index in [9.17, 15) is 4.79 Å². The van der Waals surface area contributed by atoms with Crippen molar-refractivity contribution in [1.82, 2.24) is 15.6 Å². The summed E-state index contributed by atoms with van der Waals surface area (Å²) in [7, 11) is 1.55. The van der Waals surface area contributed by atoms with E-state index in [4.69, 9.17) is 9.47 Å². The van der Waals surface area contributed by atoms with Gasteiger partial charge in [-0.15, -0.1) is 0 Å². The number of nitrogens with zero attached hydrogens (tertiary/aromatic N) is 1. The monoisotopic (exact) mass is 329 g/mol. The molecule has 2 N–H and O–H groups in total. The van der Waals surface area contributed by atoms with Crippen LogP contribution in [0.15, 0.2) is 36.5 Å². The quantitative estimate of drug-likeness (QED) is 0.766. The third kappa shape index (κ3) is 5.15. The van der Waals surface area contributed by atoms with Gasteiger partial charge in [-0.25, -0.2) is 9.78 Å². The molecule has 1 aromatic heterocycles. The van der Waals surface area contributed by atoms with Gasteiger partial charge in [0.05, 0.1) is 13.7 Å². The Morgan fingerprint density at radius 1 is 1.21 bits per heavy atom. The Hall–Kier alpha value is -2.76. The third-order valence-electron chi connectivity index (χ3n) is 3.46. The van der Waals surface area contributed by atoms with E-state index in [1.807, 2.05) is 32.0 Å². The molecule has 6 nitrogen and oxygen atoms in total. The topological polar surface area (TPSA) is 72.5 Å². The van der Waals surface area contributed by atoms with E-state index in [0.29, 0.717) is 25.6 Å². The lowest BCUT2D eigenvalue weighted by Crippen LogP contribution is -2.37. The molecule has 2 amide bonds. The van der Waals surface area contributed by atoms with Gasteiger partial charge in [0.15, 0.2) is 0 Å². The van der Waals surface area contributed by atoms with Crippen LogP contribution in [0.1, 0.15) is 16.7 Å². The fourth-order valence-electron chi connectivity index (χ4n) is 2.27. The molecule has 0 atom stereocenters. The Bertz CT molecular complexity index is 689. The van der Waals surface area contributed by atoms with Gasteiger partial charge < -0.3 is 20.1 Å². The molecule has 0 bridgehead atoms. The summed E-state index contributed by atoms with van der Waals surface area (Å²) < 4.78 is 10.8. The summed E-state index contributed by atoms with van der Waals surface area (Å²) in [5.41, 5.74) is 3.10. The fraction of sp³-hybridized carbons (Fsp3) is 0.333. The largest absolute Gasteiger partial charge is 0.491 e. The predicted molar refractivity (Wildman–Crippen MR) is 92.4 cm³/mol. The van der Waals surface area contributed by atoms with Crippen LogP contribution in [-0.4, -0.2) is 31.3 Å². The normalized spacial score (nSPS) is 10.1. The number of aryl methyl sites for hydroxylation is 2. The first kappa shape index (κ1) is 17.6. The van der Waals surface area contributed by atoms with E-state index in [2.05, 4.69) is 21.7 Å². The summed E-state index contributed by atoms with van der Waals surface area (Å²) in [4.78, 5) is 15.9. The minimum atomic E-state index is -0.259. The predicted octanol–water partition coefficient (Wildman–Crippen LogP) is 2.59. The SMILES string of the molecule is COc1ncccc1CNC(=O)NCCOc1ccc(C)cc1C. The van der Waals surface area contributed by atoms with Crippen molar-refractivity contribution in [2.45, 2.75) is 20.4 Å². The molecule has 128 valence electrons. The summed E-state index contributed by atoms with van der Waals surface area (Å²) in [6, 6.07) is 9.41. The van der Waals surface area contributed by atoms with Crippen LogP contribution >= 0.6 is 0 Å². The molecule has 1 aromatic carbocycles. The molecule has 0 saturated heterocycles. The number of carbonyl (C=O) groups excluding carboxylic acids is 1. The van der Waals surface area contributed by atoms with E-state index < -0.39 is 0 Å². The average molecular weight is 329 g/mol. The summed E-state index contributed by atoms with van der Waals surface area (Å²) >= 11 is 0. The van der Waals surface area contributed by atoms with Gasteiger partial charge in [0.25, 0.3) is 0 Å². The Morgan fingerprint density at radius 2 is 2.04 bits per heavy atom. The molecular formula is C18H23N3O3. The second kappa shape index (κ2) is 8.76. The van der Waals surface area contributed by atoms with Crippen LogP contribution in [0.2, 0.25) is 0 Å². The number of hydrogen-bond acceptors (Lipinski definition) is 4. The molecule has 0 aliphatic rings. The van der Waals surface area contributed by atoms with Crippen molar-refractivity contribution in [3.8, 4) is 11.6 Å². The van der Waals surface area contributed by atoms with Crippen molar-refractivity contribution in [2.75, 3.05) is 20.3 Å². The van der Waals surface area contributed by atoms with Crippen LogP contribution in [0, 0.1) is 13.8 Å². The maximum atomic E-state index is 11.8. The number of amides is 2. The van der Waals surface area contributed by atoms with Crippen molar-refractivity contribution in [1.29, 1.82) is 0 Å². The number of carbonyl (C=O) groups is 1. The van der Waals surface area contributed by atoms with Crippen LogP contribution in [-0.2, 0) is 6.54 Å². The van der Waals surface area contributed by atoms with Crippen molar-refractivity contribution in [3.05, 3.63) is 53.2 Å². The van der Waals surface area contributed by atoms with Gasteiger partial charge in [0.1, 0.15) is 12.4 Å². The second-order valence-electron chi connectivity index (χ2n) is 5.40. The number of hydrogen-bond donors (Lipinski definition) is 2. The molecule has 0 radical (unpaired) electrons. The molecule has 2 aromatic rings. The first-order valence-corrected chi connectivity index (χ1v) is 7.80. The lowest BCUT2D eigenvalue weighted by Gasteiger charge is -2.12. The van der Waals surface area contributed by atoms with Gasteiger partial charge in [0, 0.05) is 18.3 Å². The maximum Gasteiger partial charge on any atom is 0.315 e. The van der Waals surface area contributed by atoms with Crippen molar-refractivity contribution >= 4 is 6.03 Å². The zero-order valence-corrected chi connectivity index (χ0v) is 14.3. The molecule has 1 heterocycles. The number of urea groups is 1. The zero-order chi connectivity index (χ0) is 17.4. The van der Waals surface area contributed by atoms with Gasteiger partial charge in [-0.1, -0.05) is 23.8 Å². The molecule has 24 heavy (non-hydrogen) atoms. The van der Waals surface area contributed by atoms with Gasteiger partial charge in [-0.05, 0) is 31.5 Å². The van der Waals surface area contributed by atoms with Gasteiger partial charge >= 0.3 is 6.03 Å². The summed E-state index contributed by atoms with van der Waals surface area (Å²) in [5, 5.41) is 5.52. The molecule has 0 saturated carbocycles. The van der Waals surface area contributed by atoms with E-state index in [-0.39, 0.29) is 6.03 Å². The molecule has 0 aliphatic heterocycles. The highest BCUT2D eigenvalue weighted by molar-refractivity contribution is 5.73. The molecule has 0 aliphatic carbocycles. The maximum absolute atomic E-state index is 11.8. The van der Waals surface area contributed by atoms with Gasteiger partial charge in [0.2, 0.25) is 5.88 Å². The van der Waals surface area contributed by atoms with Crippen LogP contribution in [0.25, 0.3) is 0 Å². The smallest absolute Gasteiger partial charge is 0.315 e. The highest BCUT2D eigenvalue weighted by Crippen LogP contribution is 2.18. The van der Waals surface area contributed by atoms with Crippen molar-refractivity contribution in [2.24, 2.45) is 0 Å². The average Bonchev–Trinajstić information content (AvgIpc) is 2.58. The third-order valence-corrected chi connectivity index (χ3v) is 3.46. The Balaban J connectivity index is 1.70. The van der Waals surface area contributed by atoms with Crippen LogP contribution in [0.4, 0.5) is 4.79 Å². The molecule has 0 spiro atoms. The summed E-state index contributed by atoms with van der Waals surface area (Å²) in [6.07, 6.45) is 1.65. The number of ether oxygens (including phenoxy) is 2. The molecule has 0 fully saturated rings. The van der Waals surface area contributed by atoms with Crippen LogP contribution in [0.5, 0.6) is 11.6 Å². The minimum Gasteiger partial charge on any atom is -0.491 e. The highest BCUT2D eigenvalue weighted by atomic mass is 16.5. The highest BCUT2D eigenvalue weighted by Gasteiger charge is 2.06. The van der Waals surface area contributed by atoms with Crippen molar-refractivity contribution < 1.29 is 14.3 Å². The van der Waals surface area contributed by atoms with E-state index >= 15 is 0 Å². The van der Waals surface area contributed by atoms with E-state index in [1.165, 1.54) is 5.56 Å². The van der Waals surface area contributed by atoms with E-state index in [1.54, 1.807) is 19.4 Å². The van der Waals surface area contributed by atoms with Gasteiger partial charge in [-0.2, -0.15) is 0 Å². The summed E-state index contributed by atoms with van der Waals surface area (Å²) in [6.45, 7) is 5.22. The zero-order valence-electron chi connectivity index (χ0n) is 14.3. The Morgan fingerprint density at radius 3 is 2.79 bits per heavy atom. The first-order chi connectivity index (χ1) is 11.6. The number of benzene rings is 1.